The third kappa shape index (κ3) is 4.56. The molecule has 5 heteroatoms. The second-order valence-electron chi connectivity index (χ2n) is 5.38. The van der Waals surface area contributed by atoms with Crippen molar-refractivity contribution < 1.29 is 19.1 Å². The number of esters is 1. The first kappa shape index (κ1) is 16.5. The van der Waals surface area contributed by atoms with Gasteiger partial charge in [-0.3, -0.25) is 4.79 Å². The van der Waals surface area contributed by atoms with E-state index in [4.69, 9.17) is 9.47 Å². The van der Waals surface area contributed by atoms with Crippen molar-refractivity contribution in [3.05, 3.63) is 35.9 Å². The lowest BCUT2D eigenvalue weighted by molar-refractivity contribution is -0.154. The van der Waals surface area contributed by atoms with Crippen LogP contribution in [0.4, 0.5) is 0 Å². The topological polar surface area (TPSA) is 55.8 Å². The van der Waals surface area contributed by atoms with Gasteiger partial charge < -0.3 is 14.4 Å². The fraction of sp³-hybridized carbons (Fsp3) is 0.529. The minimum atomic E-state index is -0.729. The maximum atomic E-state index is 11.9. The van der Waals surface area contributed by atoms with E-state index in [2.05, 4.69) is 0 Å². The van der Waals surface area contributed by atoms with Gasteiger partial charge in [0, 0.05) is 26.1 Å². The molecule has 1 heterocycles. The van der Waals surface area contributed by atoms with Gasteiger partial charge in [-0.2, -0.15) is 0 Å². The van der Waals surface area contributed by atoms with Gasteiger partial charge in [-0.25, -0.2) is 4.79 Å². The Hall–Kier alpha value is -1.88. The van der Waals surface area contributed by atoms with E-state index in [-0.39, 0.29) is 5.91 Å². The minimum Gasteiger partial charge on any atom is -0.467 e. The highest BCUT2D eigenvalue weighted by Gasteiger charge is 2.22. The van der Waals surface area contributed by atoms with Crippen LogP contribution in [0.5, 0.6) is 0 Å². The molecule has 0 unspecified atom stereocenters. The van der Waals surface area contributed by atoms with Gasteiger partial charge in [0.2, 0.25) is 5.91 Å². The van der Waals surface area contributed by atoms with Crippen LogP contribution >= 0.6 is 0 Å². The summed E-state index contributed by atoms with van der Waals surface area (Å²) in [6.07, 6.45) is 2.53. The Morgan fingerprint density at radius 3 is 2.50 bits per heavy atom. The van der Waals surface area contributed by atoms with Crippen LogP contribution in [-0.4, -0.2) is 43.6 Å². The number of ether oxygens (including phenoxy) is 2. The van der Waals surface area contributed by atoms with Crippen molar-refractivity contribution in [2.24, 2.45) is 0 Å². The molecule has 1 saturated heterocycles. The largest absolute Gasteiger partial charge is 0.467 e. The highest BCUT2D eigenvalue weighted by molar-refractivity contribution is 5.77. The van der Waals surface area contributed by atoms with Crippen molar-refractivity contribution in [1.29, 1.82) is 0 Å². The monoisotopic (exact) mass is 305 g/mol. The first-order chi connectivity index (χ1) is 10.7. The third-order valence-electron chi connectivity index (χ3n) is 3.80. The highest BCUT2D eigenvalue weighted by Crippen LogP contribution is 2.19. The van der Waals surface area contributed by atoms with Gasteiger partial charge in [-0.1, -0.05) is 30.3 Å². The molecule has 5 nitrogen and oxygen atoms in total. The van der Waals surface area contributed by atoms with E-state index in [1.165, 1.54) is 7.11 Å². The van der Waals surface area contributed by atoms with Gasteiger partial charge in [0.05, 0.1) is 7.11 Å². The predicted molar refractivity (Wildman–Crippen MR) is 82.2 cm³/mol. The third-order valence-corrected chi connectivity index (χ3v) is 3.80. The lowest BCUT2D eigenvalue weighted by atomic mass is 10.1. The number of carbonyl (C=O) groups excluding carboxylic acids is 2. The van der Waals surface area contributed by atoms with Gasteiger partial charge in [0.25, 0.3) is 0 Å². The fourth-order valence-electron chi connectivity index (χ4n) is 2.58. The molecule has 0 radical (unpaired) electrons. The molecule has 0 spiro atoms. The second-order valence-corrected chi connectivity index (χ2v) is 5.38. The van der Waals surface area contributed by atoms with E-state index in [0.717, 1.165) is 31.5 Å². The molecule has 0 aliphatic carbocycles. The number of amides is 1. The number of carbonyl (C=O) groups is 2. The summed E-state index contributed by atoms with van der Waals surface area (Å²) in [5.41, 5.74) is 0.764. The number of nitrogens with zero attached hydrogens (tertiary/aromatic N) is 1. The summed E-state index contributed by atoms with van der Waals surface area (Å²) in [5, 5.41) is 0. The molecule has 0 saturated carbocycles. The summed E-state index contributed by atoms with van der Waals surface area (Å²) in [5.74, 6) is -0.243. The van der Waals surface area contributed by atoms with Crippen LogP contribution in [0.2, 0.25) is 0 Å². The smallest absolute Gasteiger partial charge is 0.339 e. The fourth-order valence-corrected chi connectivity index (χ4v) is 2.58. The van der Waals surface area contributed by atoms with E-state index < -0.39 is 12.1 Å². The number of likely N-dealkylation sites (tertiary alicyclic amines) is 1. The lowest BCUT2D eigenvalue weighted by Crippen LogP contribution is -2.27. The van der Waals surface area contributed by atoms with E-state index in [1.54, 1.807) is 0 Å². The van der Waals surface area contributed by atoms with Crippen molar-refractivity contribution in [2.75, 3.05) is 26.8 Å². The quantitative estimate of drug-likeness (QED) is 0.573. The molecule has 1 aromatic carbocycles. The van der Waals surface area contributed by atoms with Crippen LogP contribution in [0.3, 0.4) is 0 Å². The first-order valence-corrected chi connectivity index (χ1v) is 7.74. The minimum absolute atomic E-state index is 0.176. The van der Waals surface area contributed by atoms with Gasteiger partial charge in [-0.05, 0) is 24.8 Å². The Labute approximate surface area is 131 Å². The highest BCUT2D eigenvalue weighted by atomic mass is 16.6. The summed E-state index contributed by atoms with van der Waals surface area (Å²) in [4.78, 5) is 25.7. The molecular formula is C17H23NO4. The van der Waals surface area contributed by atoms with Crippen LogP contribution in [0, 0.1) is 0 Å². The van der Waals surface area contributed by atoms with Crippen LogP contribution in [-0.2, 0) is 19.1 Å². The molecule has 2 rings (SSSR count). The van der Waals surface area contributed by atoms with Gasteiger partial charge in [0.15, 0.2) is 6.10 Å². The molecule has 120 valence electrons. The summed E-state index contributed by atoms with van der Waals surface area (Å²) < 4.78 is 10.4. The molecule has 1 aliphatic rings. The molecule has 1 amide bonds. The average Bonchev–Trinajstić information content (AvgIpc) is 3.09. The van der Waals surface area contributed by atoms with Gasteiger partial charge in [-0.15, -0.1) is 0 Å². The lowest BCUT2D eigenvalue weighted by Gasteiger charge is -2.17. The zero-order valence-corrected chi connectivity index (χ0v) is 13.0. The number of rotatable bonds is 7. The van der Waals surface area contributed by atoms with Crippen LogP contribution in [0.1, 0.15) is 37.4 Å². The normalized spacial score (nSPS) is 15.6. The molecular weight excluding hydrogens is 282 g/mol. The summed E-state index contributed by atoms with van der Waals surface area (Å²) in [6.45, 7) is 2.09. The molecule has 1 atom stereocenters. The molecule has 1 aromatic rings. The second kappa shape index (κ2) is 8.54. The average molecular weight is 305 g/mol. The zero-order chi connectivity index (χ0) is 15.8. The van der Waals surface area contributed by atoms with Crippen molar-refractivity contribution >= 4 is 11.9 Å². The summed E-state index contributed by atoms with van der Waals surface area (Å²) in [6, 6.07) is 9.25. The Balaban J connectivity index is 1.79. The Morgan fingerprint density at radius 1 is 1.18 bits per heavy atom. The van der Waals surface area contributed by atoms with Gasteiger partial charge in [0.1, 0.15) is 0 Å². The molecule has 0 N–H and O–H groups in total. The Kier molecular flexibility index (Phi) is 6.40. The van der Waals surface area contributed by atoms with Crippen molar-refractivity contribution in [3.8, 4) is 0 Å². The maximum absolute atomic E-state index is 11.9. The number of methoxy groups -OCH3 is 1. The standard InChI is InChI=1S/C17H23NO4/c1-21-17(20)16(14-8-3-2-4-9-14)22-13-7-10-15(19)18-11-5-6-12-18/h2-4,8-9,16H,5-7,10-13H2,1H3/t16-/m0/s1. The van der Waals surface area contributed by atoms with E-state index >= 15 is 0 Å². The van der Waals surface area contributed by atoms with E-state index in [1.807, 2.05) is 35.2 Å². The van der Waals surface area contributed by atoms with Gasteiger partial charge >= 0.3 is 5.97 Å². The van der Waals surface area contributed by atoms with Crippen molar-refractivity contribution in [2.45, 2.75) is 31.8 Å². The van der Waals surface area contributed by atoms with E-state index in [9.17, 15) is 9.59 Å². The van der Waals surface area contributed by atoms with E-state index in [0.29, 0.717) is 19.4 Å². The first-order valence-electron chi connectivity index (χ1n) is 7.74. The molecule has 22 heavy (non-hydrogen) atoms. The van der Waals surface area contributed by atoms with Crippen LogP contribution < -0.4 is 0 Å². The van der Waals surface area contributed by atoms with Crippen LogP contribution in [0.25, 0.3) is 0 Å². The number of benzene rings is 1. The van der Waals surface area contributed by atoms with Crippen molar-refractivity contribution in [3.63, 3.8) is 0 Å². The Morgan fingerprint density at radius 2 is 1.86 bits per heavy atom. The van der Waals surface area contributed by atoms with Crippen molar-refractivity contribution in [1.82, 2.24) is 4.90 Å². The maximum Gasteiger partial charge on any atom is 0.339 e. The summed E-state index contributed by atoms with van der Waals surface area (Å²) in [7, 11) is 1.35. The molecule has 0 bridgehead atoms. The Bertz CT molecular complexity index is 483. The number of hydrogen-bond donors (Lipinski definition) is 0. The summed E-state index contributed by atoms with van der Waals surface area (Å²) >= 11 is 0. The predicted octanol–water partition coefficient (Wildman–Crippen LogP) is 2.32. The molecule has 1 aliphatic heterocycles. The van der Waals surface area contributed by atoms with Crippen LogP contribution in [0.15, 0.2) is 30.3 Å². The molecule has 1 fully saturated rings. The SMILES string of the molecule is COC(=O)[C@@H](OCCCC(=O)N1CCCC1)c1ccccc1. The zero-order valence-electron chi connectivity index (χ0n) is 13.0. The number of hydrogen-bond acceptors (Lipinski definition) is 4. The molecule has 0 aromatic heterocycles.